The Balaban J connectivity index is 1.80. The number of rotatable bonds is 5. The van der Waals surface area contributed by atoms with E-state index in [1.807, 2.05) is 0 Å². The van der Waals surface area contributed by atoms with E-state index in [2.05, 4.69) is 43.4 Å². The molecule has 0 aliphatic rings. The third-order valence-corrected chi connectivity index (χ3v) is 4.37. The van der Waals surface area contributed by atoms with E-state index in [-0.39, 0.29) is 5.91 Å². The maximum atomic E-state index is 11.9. The molecule has 0 saturated heterocycles. The van der Waals surface area contributed by atoms with Crippen molar-refractivity contribution in [2.24, 2.45) is 0 Å². The molecule has 0 aliphatic heterocycles. The molecule has 0 bridgehead atoms. The molecule has 2 aromatic carbocycles. The average Bonchev–Trinajstić information content (AvgIpc) is 2.51. The minimum Gasteiger partial charge on any atom is -0.326 e. The molecular formula is C18H18N2OS. The molecule has 0 saturated carbocycles. The van der Waals surface area contributed by atoms with Gasteiger partial charge < -0.3 is 5.32 Å². The van der Waals surface area contributed by atoms with Gasteiger partial charge >= 0.3 is 0 Å². The molecule has 4 heteroatoms. The Bertz CT molecular complexity index is 702. The number of carbonyl (C=O) groups excluding carboxylic acids is 1. The molecule has 22 heavy (non-hydrogen) atoms. The Morgan fingerprint density at radius 3 is 2.50 bits per heavy atom. The van der Waals surface area contributed by atoms with Gasteiger partial charge in [-0.05, 0) is 61.4 Å². The number of hydrogen-bond acceptors (Lipinski definition) is 3. The highest BCUT2D eigenvalue weighted by molar-refractivity contribution is 7.99. The van der Waals surface area contributed by atoms with Gasteiger partial charge in [-0.2, -0.15) is 5.26 Å². The van der Waals surface area contributed by atoms with E-state index in [4.69, 9.17) is 5.26 Å². The summed E-state index contributed by atoms with van der Waals surface area (Å²) >= 11 is 1.68. The van der Waals surface area contributed by atoms with Gasteiger partial charge in [0.25, 0.3) is 0 Å². The highest BCUT2D eigenvalue weighted by atomic mass is 32.2. The fraction of sp³-hybridized carbons (Fsp3) is 0.222. The number of nitriles is 1. The second-order valence-electron chi connectivity index (χ2n) is 5.08. The van der Waals surface area contributed by atoms with Gasteiger partial charge in [-0.1, -0.05) is 6.07 Å². The summed E-state index contributed by atoms with van der Waals surface area (Å²) in [5.41, 5.74) is 3.86. The van der Waals surface area contributed by atoms with Crippen molar-refractivity contribution in [1.82, 2.24) is 0 Å². The topological polar surface area (TPSA) is 52.9 Å². The van der Waals surface area contributed by atoms with Crippen molar-refractivity contribution in [3.63, 3.8) is 0 Å². The molecule has 1 N–H and O–H groups in total. The number of anilines is 1. The van der Waals surface area contributed by atoms with Crippen LogP contribution in [0, 0.1) is 25.2 Å². The fourth-order valence-electron chi connectivity index (χ4n) is 1.92. The summed E-state index contributed by atoms with van der Waals surface area (Å²) < 4.78 is 0. The van der Waals surface area contributed by atoms with Gasteiger partial charge in [-0.15, -0.1) is 11.8 Å². The molecule has 0 radical (unpaired) electrons. The maximum Gasteiger partial charge on any atom is 0.225 e. The molecule has 1 amide bonds. The van der Waals surface area contributed by atoms with E-state index in [0.29, 0.717) is 12.0 Å². The van der Waals surface area contributed by atoms with E-state index in [1.54, 1.807) is 36.0 Å². The second kappa shape index (κ2) is 7.67. The molecule has 0 fully saturated rings. The van der Waals surface area contributed by atoms with Crippen molar-refractivity contribution in [2.75, 3.05) is 11.1 Å². The van der Waals surface area contributed by atoms with Crippen LogP contribution >= 0.6 is 11.8 Å². The minimum atomic E-state index is -0.0129. The maximum absolute atomic E-state index is 11.9. The summed E-state index contributed by atoms with van der Waals surface area (Å²) in [5, 5.41) is 11.6. The number of nitrogens with zero attached hydrogens (tertiary/aromatic N) is 1. The number of carbonyl (C=O) groups is 1. The van der Waals surface area contributed by atoms with Crippen LogP contribution in [-0.2, 0) is 4.79 Å². The molecule has 3 nitrogen and oxygen atoms in total. The highest BCUT2D eigenvalue weighted by Gasteiger charge is 2.04. The SMILES string of the molecule is Cc1ccc(SCCC(=O)Nc2ccc(C#N)cc2)cc1C. The number of benzene rings is 2. The van der Waals surface area contributed by atoms with Crippen molar-refractivity contribution < 1.29 is 4.79 Å². The Labute approximate surface area is 135 Å². The van der Waals surface area contributed by atoms with Gasteiger partial charge in [0.15, 0.2) is 0 Å². The monoisotopic (exact) mass is 310 g/mol. The predicted octanol–water partition coefficient (Wildman–Crippen LogP) is 4.30. The minimum absolute atomic E-state index is 0.0129. The summed E-state index contributed by atoms with van der Waals surface area (Å²) in [5.74, 6) is 0.728. The lowest BCUT2D eigenvalue weighted by Crippen LogP contribution is -2.12. The third-order valence-electron chi connectivity index (χ3n) is 3.37. The first kappa shape index (κ1) is 16.1. The van der Waals surface area contributed by atoms with Crippen LogP contribution in [0.15, 0.2) is 47.4 Å². The van der Waals surface area contributed by atoms with Gasteiger partial charge in [0, 0.05) is 22.8 Å². The number of hydrogen-bond donors (Lipinski definition) is 1. The Hall–Kier alpha value is -2.25. The van der Waals surface area contributed by atoms with E-state index in [0.717, 1.165) is 11.4 Å². The van der Waals surface area contributed by atoms with E-state index < -0.39 is 0 Å². The van der Waals surface area contributed by atoms with Gasteiger partial charge in [0.2, 0.25) is 5.91 Å². The summed E-state index contributed by atoms with van der Waals surface area (Å²) in [6.45, 7) is 4.19. The Morgan fingerprint density at radius 2 is 1.86 bits per heavy atom. The van der Waals surface area contributed by atoms with Gasteiger partial charge in [0.05, 0.1) is 11.6 Å². The molecule has 0 aromatic heterocycles. The molecule has 0 unspecified atom stereocenters. The zero-order chi connectivity index (χ0) is 15.9. The standard InChI is InChI=1S/C18H18N2OS/c1-13-3-8-17(11-14(13)2)22-10-9-18(21)20-16-6-4-15(12-19)5-7-16/h3-8,11H,9-10H2,1-2H3,(H,20,21). The third kappa shape index (κ3) is 4.64. The van der Waals surface area contributed by atoms with E-state index in [1.165, 1.54) is 16.0 Å². The van der Waals surface area contributed by atoms with Crippen LogP contribution in [0.25, 0.3) is 0 Å². The highest BCUT2D eigenvalue weighted by Crippen LogP contribution is 2.21. The van der Waals surface area contributed by atoms with E-state index in [9.17, 15) is 4.79 Å². The zero-order valence-electron chi connectivity index (χ0n) is 12.7. The summed E-state index contributed by atoms with van der Waals surface area (Å²) in [4.78, 5) is 13.1. The van der Waals surface area contributed by atoms with Crippen molar-refractivity contribution in [3.05, 3.63) is 59.2 Å². The number of thioether (sulfide) groups is 1. The van der Waals surface area contributed by atoms with Crippen LogP contribution in [0.4, 0.5) is 5.69 Å². The molecule has 2 aromatic rings. The predicted molar refractivity (Wildman–Crippen MR) is 91.0 cm³/mol. The van der Waals surface area contributed by atoms with Crippen molar-refractivity contribution in [2.45, 2.75) is 25.2 Å². The fourth-order valence-corrected chi connectivity index (χ4v) is 2.86. The molecule has 0 heterocycles. The summed E-state index contributed by atoms with van der Waals surface area (Å²) in [6, 6.07) is 15.3. The van der Waals surface area contributed by atoms with Crippen LogP contribution in [-0.4, -0.2) is 11.7 Å². The van der Waals surface area contributed by atoms with Crippen LogP contribution in [0.5, 0.6) is 0 Å². The Kier molecular flexibility index (Phi) is 5.62. The van der Waals surface area contributed by atoms with Crippen LogP contribution in [0.3, 0.4) is 0 Å². The van der Waals surface area contributed by atoms with Gasteiger partial charge in [0.1, 0.15) is 0 Å². The largest absolute Gasteiger partial charge is 0.326 e. The van der Waals surface area contributed by atoms with Gasteiger partial charge in [-0.3, -0.25) is 4.79 Å². The quantitative estimate of drug-likeness (QED) is 0.838. The summed E-state index contributed by atoms with van der Waals surface area (Å²) in [6.07, 6.45) is 0.456. The van der Waals surface area contributed by atoms with Crippen molar-refractivity contribution in [3.8, 4) is 6.07 Å². The molecule has 0 aliphatic carbocycles. The zero-order valence-corrected chi connectivity index (χ0v) is 13.5. The average molecular weight is 310 g/mol. The number of nitrogens with one attached hydrogen (secondary N) is 1. The van der Waals surface area contributed by atoms with Gasteiger partial charge in [-0.25, -0.2) is 0 Å². The Morgan fingerprint density at radius 1 is 1.14 bits per heavy atom. The second-order valence-corrected chi connectivity index (χ2v) is 6.25. The first-order valence-electron chi connectivity index (χ1n) is 7.08. The number of amides is 1. The van der Waals surface area contributed by atoms with E-state index >= 15 is 0 Å². The molecule has 2 rings (SSSR count). The van der Waals surface area contributed by atoms with Crippen LogP contribution in [0.1, 0.15) is 23.1 Å². The normalized spacial score (nSPS) is 10.0. The van der Waals surface area contributed by atoms with Crippen LogP contribution in [0.2, 0.25) is 0 Å². The van der Waals surface area contributed by atoms with Crippen molar-refractivity contribution in [1.29, 1.82) is 5.26 Å². The smallest absolute Gasteiger partial charge is 0.225 e. The lowest BCUT2D eigenvalue weighted by molar-refractivity contribution is -0.115. The molecular weight excluding hydrogens is 292 g/mol. The lowest BCUT2D eigenvalue weighted by Gasteiger charge is -2.06. The molecule has 0 spiro atoms. The summed E-state index contributed by atoms with van der Waals surface area (Å²) in [7, 11) is 0. The van der Waals surface area contributed by atoms with Crippen LogP contribution < -0.4 is 5.32 Å². The first-order valence-corrected chi connectivity index (χ1v) is 8.07. The van der Waals surface area contributed by atoms with Crippen molar-refractivity contribution >= 4 is 23.4 Å². The lowest BCUT2D eigenvalue weighted by atomic mass is 10.1. The number of aryl methyl sites for hydroxylation is 2. The first-order chi connectivity index (χ1) is 10.6. The molecule has 0 atom stereocenters. The molecule has 112 valence electrons.